The van der Waals surface area contributed by atoms with Crippen LogP contribution in [0.25, 0.3) is 33.4 Å². The molecular formula is C44H43NO. The van der Waals surface area contributed by atoms with E-state index in [1.807, 2.05) is 30.3 Å². The van der Waals surface area contributed by atoms with Crippen LogP contribution in [0.3, 0.4) is 0 Å². The van der Waals surface area contributed by atoms with Crippen molar-refractivity contribution in [2.24, 2.45) is 0 Å². The molecule has 1 N–H and O–H groups in total. The molecule has 0 heterocycles. The van der Waals surface area contributed by atoms with E-state index in [0.29, 0.717) is 0 Å². The summed E-state index contributed by atoms with van der Waals surface area (Å²) in [6.07, 6.45) is 0. The van der Waals surface area contributed by atoms with Crippen LogP contribution < -0.4 is 4.90 Å². The van der Waals surface area contributed by atoms with E-state index in [4.69, 9.17) is 0 Å². The van der Waals surface area contributed by atoms with Gasteiger partial charge in [-0.2, -0.15) is 0 Å². The van der Waals surface area contributed by atoms with Crippen LogP contribution in [0, 0.1) is 0 Å². The van der Waals surface area contributed by atoms with Crippen LogP contribution in [0.1, 0.15) is 52.7 Å². The van der Waals surface area contributed by atoms with Crippen molar-refractivity contribution in [1.82, 2.24) is 0 Å². The number of hydrogen-bond donors (Lipinski definition) is 1. The molecule has 0 saturated heterocycles. The first-order chi connectivity index (χ1) is 22.0. The Morgan fingerprint density at radius 2 is 0.913 bits per heavy atom. The number of anilines is 3. The molecule has 6 rings (SSSR count). The number of rotatable bonds is 6. The molecule has 2 heteroatoms. The van der Waals surface area contributed by atoms with Crippen LogP contribution in [0.4, 0.5) is 17.1 Å². The third kappa shape index (κ3) is 6.48. The topological polar surface area (TPSA) is 23.5 Å². The normalized spacial score (nSPS) is 11.8. The Morgan fingerprint density at radius 3 is 1.41 bits per heavy atom. The minimum absolute atomic E-state index is 0.0453. The van der Waals surface area contributed by atoms with Crippen molar-refractivity contribution in [3.63, 3.8) is 0 Å². The smallest absolute Gasteiger partial charge is 0.118 e. The first kappa shape index (κ1) is 30.9. The second-order valence-corrected chi connectivity index (χ2v) is 14.1. The van der Waals surface area contributed by atoms with Gasteiger partial charge in [0.1, 0.15) is 5.75 Å². The molecule has 0 saturated carbocycles. The van der Waals surface area contributed by atoms with Gasteiger partial charge in [-0.25, -0.2) is 0 Å². The Balaban J connectivity index is 1.76. The molecule has 0 fully saturated rings. The third-order valence-corrected chi connectivity index (χ3v) is 8.61. The number of benzene rings is 6. The molecule has 0 aliphatic rings. The number of hydrogen-bond acceptors (Lipinski definition) is 2. The van der Waals surface area contributed by atoms with E-state index >= 15 is 0 Å². The summed E-state index contributed by atoms with van der Waals surface area (Å²) in [6.45, 7) is 13.6. The van der Waals surface area contributed by atoms with Crippen molar-refractivity contribution < 1.29 is 5.11 Å². The Hall–Kier alpha value is -5.08. The van der Waals surface area contributed by atoms with E-state index in [9.17, 15) is 5.11 Å². The Morgan fingerprint density at radius 1 is 0.413 bits per heavy atom. The zero-order valence-corrected chi connectivity index (χ0v) is 27.8. The Kier molecular flexibility index (Phi) is 8.32. The van der Waals surface area contributed by atoms with E-state index in [1.165, 1.54) is 11.1 Å². The minimum atomic E-state index is -0.0753. The maximum absolute atomic E-state index is 11.3. The van der Waals surface area contributed by atoms with E-state index in [-0.39, 0.29) is 16.6 Å². The Bertz CT molecular complexity index is 1890. The molecule has 0 bridgehead atoms. The monoisotopic (exact) mass is 601 g/mol. The predicted octanol–water partition coefficient (Wildman–Crippen LogP) is 12.5. The lowest BCUT2D eigenvalue weighted by Crippen LogP contribution is -2.17. The summed E-state index contributed by atoms with van der Waals surface area (Å²) in [7, 11) is 0. The second kappa shape index (κ2) is 12.4. The molecule has 6 aromatic rings. The molecule has 0 spiro atoms. The molecule has 0 unspecified atom stereocenters. The lowest BCUT2D eigenvalue weighted by atomic mass is 9.81. The molecule has 0 atom stereocenters. The SMILES string of the molecule is CC(C)(C)c1cccc(N(c2cc(O)cc(-c3ccccc3)c2)c2c(-c3ccccc3)cc(C(C)(C)C)cc2-c2ccccc2)c1. The van der Waals surface area contributed by atoms with Crippen molar-refractivity contribution in [3.05, 3.63) is 157 Å². The zero-order valence-electron chi connectivity index (χ0n) is 27.8. The highest BCUT2D eigenvalue weighted by Gasteiger charge is 2.27. The summed E-state index contributed by atoms with van der Waals surface area (Å²) in [5.74, 6) is 0.224. The summed E-state index contributed by atoms with van der Waals surface area (Å²) in [6, 6.07) is 51.1. The molecule has 0 aliphatic carbocycles. The molecule has 46 heavy (non-hydrogen) atoms. The van der Waals surface area contributed by atoms with Gasteiger partial charge in [0.2, 0.25) is 0 Å². The number of phenols is 1. The summed E-state index contributed by atoms with van der Waals surface area (Å²) >= 11 is 0. The second-order valence-electron chi connectivity index (χ2n) is 14.1. The van der Waals surface area contributed by atoms with Crippen molar-refractivity contribution in [1.29, 1.82) is 0 Å². The summed E-state index contributed by atoms with van der Waals surface area (Å²) < 4.78 is 0. The van der Waals surface area contributed by atoms with Crippen LogP contribution in [-0.2, 0) is 10.8 Å². The molecule has 2 nitrogen and oxygen atoms in total. The summed E-state index contributed by atoms with van der Waals surface area (Å²) in [5, 5.41) is 11.3. The van der Waals surface area contributed by atoms with Gasteiger partial charge < -0.3 is 10.0 Å². The predicted molar refractivity (Wildman–Crippen MR) is 196 cm³/mol. The van der Waals surface area contributed by atoms with E-state index in [0.717, 1.165) is 50.4 Å². The summed E-state index contributed by atoms with van der Waals surface area (Å²) in [4.78, 5) is 2.35. The quantitative estimate of drug-likeness (QED) is 0.205. The van der Waals surface area contributed by atoms with E-state index < -0.39 is 0 Å². The zero-order chi connectivity index (χ0) is 32.5. The lowest BCUT2D eigenvalue weighted by Gasteiger charge is -2.33. The first-order valence-corrected chi connectivity index (χ1v) is 16.1. The standard InChI is InChI=1S/C44H43NO/c1-43(2,3)35-23-16-24-37(27-35)45(38-25-34(26-39(46)30-38)31-17-10-7-11-18-31)42-40(32-19-12-8-13-20-32)28-36(44(4,5)6)29-41(42)33-21-14-9-15-22-33/h7-30,46H,1-6H3. The van der Waals surface area contributed by atoms with Crippen molar-refractivity contribution in [3.8, 4) is 39.1 Å². The molecular weight excluding hydrogens is 558 g/mol. The lowest BCUT2D eigenvalue weighted by molar-refractivity contribution is 0.476. The van der Waals surface area contributed by atoms with Crippen LogP contribution >= 0.6 is 0 Å². The van der Waals surface area contributed by atoms with Gasteiger partial charge in [0.15, 0.2) is 0 Å². The maximum Gasteiger partial charge on any atom is 0.118 e. The van der Waals surface area contributed by atoms with Crippen LogP contribution in [-0.4, -0.2) is 5.11 Å². The van der Waals surface area contributed by atoms with Gasteiger partial charge in [-0.05, 0) is 80.6 Å². The van der Waals surface area contributed by atoms with Gasteiger partial charge >= 0.3 is 0 Å². The van der Waals surface area contributed by atoms with Gasteiger partial charge in [-0.15, -0.1) is 0 Å². The fourth-order valence-corrected chi connectivity index (χ4v) is 6.02. The van der Waals surface area contributed by atoms with Gasteiger partial charge in [-0.1, -0.05) is 145 Å². The molecule has 6 aromatic carbocycles. The average Bonchev–Trinajstić information content (AvgIpc) is 3.05. The Labute approximate surface area is 274 Å². The fraction of sp³-hybridized carbons (Fsp3) is 0.182. The highest BCUT2D eigenvalue weighted by atomic mass is 16.3. The summed E-state index contributed by atoms with van der Waals surface area (Å²) in [5.41, 5.74) is 11.9. The van der Waals surface area contributed by atoms with Crippen LogP contribution in [0.5, 0.6) is 5.75 Å². The van der Waals surface area contributed by atoms with Gasteiger partial charge in [0, 0.05) is 22.9 Å². The number of phenolic OH excluding ortho intramolecular Hbond substituents is 1. The van der Waals surface area contributed by atoms with Crippen molar-refractivity contribution in [2.45, 2.75) is 52.4 Å². The molecule has 0 amide bonds. The highest BCUT2D eigenvalue weighted by molar-refractivity contribution is 5.98. The van der Waals surface area contributed by atoms with E-state index in [2.05, 4.69) is 162 Å². The molecule has 0 aliphatic heterocycles. The molecule has 0 radical (unpaired) electrons. The maximum atomic E-state index is 11.3. The van der Waals surface area contributed by atoms with Gasteiger partial charge in [0.05, 0.1) is 11.4 Å². The average molecular weight is 602 g/mol. The molecule has 230 valence electrons. The fourth-order valence-electron chi connectivity index (χ4n) is 6.02. The largest absolute Gasteiger partial charge is 0.508 e. The van der Waals surface area contributed by atoms with Crippen LogP contribution in [0.15, 0.2) is 146 Å². The highest BCUT2D eigenvalue weighted by Crippen LogP contribution is 2.50. The van der Waals surface area contributed by atoms with Crippen LogP contribution in [0.2, 0.25) is 0 Å². The number of nitrogens with zero attached hydrogens (tertiary/aromatic N) is 1. The molecule has 0 aromatic heterocycles. The minimum Gasteiger partial charge on any atom is -0.508 e. The third-order valence-electron chi connectivity index (χ3n) is 8.61. The van der Waals surface area contributed by atoms with Crippen molar-refractivity contribution in [2.75, 3.05) is 4.90 Å². The van der Waals surface area contributed by atoms with Gasteiger partial charge in [0.25, 0.3) is 0 Å². The number of aromatic hydroxyl groups is 1. The van der Waals surface area contributed by atoms with Gasteiger partial charge in [-0.3, -0.25) is 0 Å². The first-order valence-electron chi connectivity index (χ1n) is 16.1. The van der Waals surface area contributed by atoms with Crippen molar-refractivity contribution >= 4 is 17.1 Å². The van der Waals surface area contributed by atoms with E-state index in [1.54, 1.807) is 0 Å².